The van der Waals surface area contributed by atoms with Gasteiger partial charge in [0, 0.05) is 6.42 Å². The molecule has 11 heteroatoms. The minimum absolute atomic E-state index is 0.137. The molecule has 2 N–H and O–H groups in total. The van der Waals surface area contributed by atoms with Gasteiger partial charge < -0.3 is 13.8 Å². The number of hydrogen-bond acceptors (Lipinski definition) is 6. The van der Waals surface area contributed by atoms with E-state index in [0.29, 0.717) is 6.42 Å². The van der Waals surface area contributed by atoms with Gasteiger partial charge in [-0.1, -0.05) is 0 Å². The summed E-state index contributed by atoms with van der Waals surface area (Å²) in [5.41, 5.74) is 0. The second kappa shape index (κ2) is 7.47. The van der Waals surface area contributed by atoms with Crippen LogP contribution in [0.5, 0.6) is 0 Å². The third kappa shape index (κ3) is 13.9. The number of rotatable bonds is 4. The quantitative estimate of drug-likeness (QED) is 0.371. The normalized spacial score (nSPS) is 19.4. The lowest BCUT2D eigenvalue weighted by atomic mass is 10.3. The van der Waals surface area contributed by atoms with Crippen LogP contribution in [0.3, 0.4) is 0 Å². The van der Waals surface area contributed by atoms with Crippen molar-refractivity contribution in [3.63, 3.8) is 0 Å². The molecule has 0 saturated carbocycles. The predicted octanol–water partition coefficient (Wildman–Crippen LogP) is -1.25. The summed E-state index contributed by atoms with van der Waals surface area (Å²) >= 11 is 0. The summed E-state index contributed by atoms with van der Waals surface area (Å²) in [7, 11) is -6.62. The monoisotopic (exact) mass is 321 g/mol. The van der Waals surface area contributed by atoms with Crippen molar-refractivity contribution in [3.8, 4) is 0 Å². The van der Waals surface area contributed by atoms with Crippen molar-refractivity contribution in [1.29, 1.82) is 0 Å². The first-order valence-corrected chi connectivity index (χ1v) is 8.43. The van der Waals surface area contributed by atoms with E-state index in [1.165, 1.54) is 0 Å². The van der Waals surface area contributed by atoms with Crippen LogP contribution >= 0.6 is 0 Å². The summed E-state index contributed by atoms with van der Waals surface area (Å²) in [6.45, 7) is 4.10. The molecule has 0 radical (unpaired) electrons. The van der Waals surface area contributed by atoms with Gasteiger partial charge in [0.25, 0.3) is 10.1 Å². The highest BCUT2D eigenvalue weighted by molar-refractivity contribution is 7.85. The van der Waals surface area contributed by atoms with Crippen molar-refractivity contribution in [2.75, 3.05) is 45.6 Å². The lowest BCUT2D eigenvalue weighted by Crippen LogP contribution is -2.52. The van der Waals surface area contributed by atoms with Crippen LogP contribution in [0, 0.1) is 0 Å². The molecule has 0 amide bonds. The molecule has 0 unspecified atom stereocenters. The molecule has 0 atom stereocenters. The zero-order chi connectivity index (χ0) is 15.2. The number of nitrogens with zero attached hydrogens (tertiary/aromatic N) is 1. The van der Waals surface area contributed by atoms with Crippen LogP contribution in [0.2, 0.25) is 0 Å². The second-order valence-corrected chi connectivity index (χ2v) is 6.90. The minimum Gasteiger partial charge on any atom is -0.726 e. The zero-order valence-electron chi connectivity index (χ0n) is 10.6. The molecule has 0 spiro atoms. The Labute approximate surface area is 113 Å². The average Bonchev–Trinajstić information content (AvgIpc) is 2.13. The molecule has 1 aliphatic heterocycles. The van der Waals surface area contributed by atoms with E-state index in [2.05, 4.69) is 7.05 Å². The van der Waals surface area contributed by atoms with Gasteiger partial charge in [-0.05, 0) is 0 Å². The molecule has 0 bridgehead atoms. The van der Waals surface area contributed by atoms with Gasteiger partial charge in [-0.25, -0.2) is 8.42 Å². The van der Waals surface area contributed by atoms with Crippen LogP contribution in [0.1, 0.15) is 6.42 Å². The Hall–Kier alpha value is -0.300. The highest BCUT2D eigenvalue weighted by Crippen LogP contribution is 2.08. The van der Waals surface area contributed by atoms with Gasteiger partial charge in [0.05, 0.1) is 32.6 Å². The van der Waals surface area contributed by atoms with Gasteiger partial charge in [-0.15, -0.1) is 0 Å². The smallest absolute Gasteiger partial charge is 0.265 e. The first-order valence-electron chi connectivity index (χ1n) is 5.46. The Balaban J connectivity index is 0.000000555. The van der Waals surface area contributed by atoms with Gasteiger partial charge in [-0.3, -0.25) is 9.11 Å². The molecule has 0 aromatic rings. The van der Waals surface area contributed by atoms with Crippen LogP contribution in [-0.2, 0) is 25.3 Å². The van der Waals surface area contributed by atoms with Crippen molar-refractivity contribution < 1.29 is 39.7 Å². The highest BCUT2D eigenvalue weighted by atomic mass is 32.3. The van der Waals surface area contributed by atoms with E-state index in [0.717, 1.165) is 37.3 Å². The average molecular weight is 321 g/mol. The largest absolute Gasteiger partial charge is 0.726 e. The molecule has 1 aliphatic rings. The van der Waals surface area contributed by atoms with Crippen molar-refractivity contribution >= 4 is 20.5 Å². The molecule has 19 heavy (non-hydrogen) atoms. The Morgan fingerprint density at radius 3 is 1.95 bits per heavy atom. The summed E-state index contributed by atoms with van der Waals surface area (Å²) in [5.74, 6) is -0.137. The second-order valence-electron chi connectivity index (χ2n) is 4.47. The van der Waals surface area contributed by atoms with Crippen molar-refractivity contribution in [2.24, 2.45) is 0 Å². The number of likely N-dealkylation sites (N-methyl/N-ethyl adjacent to an activating group) is 1. The Bertz CT molecular complexity index is 443. The van der Waals surface area contributed by atoms with Crippen LogP contribution in [-0.4, -0.2) is 80.6 Å². The van der Waals surface area contributed by atoms with Crippen molar-refractivity contribution in [1.82, 2.24) is 0 Å². The van der Waals surface area contributed by atoms with Crippen molar-refractivity contribution in [3.05, 3.63) is 0 Å². The molecule has 1 fully saturated rings. The summed E-state index contributed by atoms with van der Waals surface area (Å²) in [6.07, 6.45) is 0.509. The van der Waals surface area contributed by atoms with Crippen LogP contribution < -0.4 is 0 Å². The molecule has 1 heterocycles. The third-order valence-corrected chi connectivity index (χ3v) is 3.46. The third-order valence-electron chi connectivity index (χ3n) is 2.65. The summed E-state index contributed by atoms with van der Waals surface area (Å²) in [6, 6.07) is 0. The van der Waals surface area contributed by atoms with E-state index >= 15 is 0 Å². The number of hydrogen-bond donors (Lipinski definition) is 2. The first kappa shape index (κ1) is 18.7. The zero-order valence-corrected chi connectivity index (χ0v) is 12.2. The molecule has 9 nitrogen and oxygen atoms in total. The summed E-state index contributed by atoms with van der Waals surface area (Å²) < 4.78 is 68.5. The van der Waals surface area contributed by atoms with Gasteiger partial charge in [0.2, 0.25) is 10.4 Å². The minimum atomic E-state index is -4.92. The van der Waals surface area contributed by atoms with E-state index in [1.807, 2.05) is 0 Å². The Morgan fingerprint density at radius 2 is 1.58 bits per heavy atom. The molecule has 1 rings (SSSR count). The Kier molecular flexibility index (Phi) is 7.36. The Morgan fingerprint density at radius 1 is 1.16 bits per heavy atom. The van der Waals surface area contributed by atoms with Crippen molar-refractivity contribution in [2.45, 2.75) is 6.42 Å². The van der Waals surface area contributed by atoms with Gasteiger partial charge in [-0.2, -0.15) is 8.42 Å². The van der Waals surface area contributed by atoms with E-state index in [1.54, 1.807) is 0 Å². The van der Waals surface area contributed by atoms with Crippen LogP contribution in [0.15, 0.2) is 0 Å². The van der Waals surface area contributed by atoms with Crippen LogP contribution in [0.4, 0.5) is 0 Å². The van der Waals surface area contributed by atoms with Gasteiger partial charge in [0.1, 0.15) is 13.1 Å². The molecule has 0 aromatic carbocycles. The van der Waals surface area contributed by atoms with E-state index in [-0.39, 0.29) is 5.75 Å². The topological polar surface area (TPSA) is 141 Å². The number of ether oxygens (including phenoxy) is 1. The molecule has 0 aromatic heterocycles. The van der Waals surface area contributed by atoms with E-state index in [4.69, 9.17) is 26.8 Å². The van der Waals surface area contributed by atoms with Crippen LogP contribution in [0.25, 0.3) is 0 Å². The fourth-order valence-corrected chi connectivity index (χ4v) is 2.13. The SMILES string of the molecule is C[N+]1(CCCS(=O)(=O)O)CCOCC1.O=S(=O)([O-])O. The highest BCUT2D eigenvalue weighted by Gasteiger charge is 2.25. The predicted molar refractivity (Wildman–Crippen MR) is 65.0 cm³/mol. The standard InChI is InChI=1S/C8H17NO4S.H2O4S/c1-9(4-6-13-7-5-9)3-2-8-14(10,11)12;1-5(2,3)4/h2-8H2,1H3;(H2,1,2,3,4). The number of morpholine rings is 1. The van der Waals surface area contributed by atoms with E-state index < -0.39 is 20.5 Å². The maximum atomic E-state index is 10.5. The maximum Gasteiger partial charge on any atom is 0.265 e. The molecule has 116 valence electrons. The maximum absolute atomic E-state index is 10.5. The van der Waals surface area contributed by atoms with Gasteiger partial charge >= 0.3 is 0 Å². The summed E-state index contributed by atoms with van der Waals surface area (Å²) in [5, 5.41) is 0. The lowest BCUT2D eigenvalue weighted by Gasteiger charge is -2.37. The fourth-order valence-electron chi connectivity index (χ4n) is 1.64. The first-order chi connectivity index (χ1) is 8.41. The van der Waals surface area contributed by atoms with E-state index in [9.17, 15) is 8.42 Å². The molecule has 1 saturated heterocycles. The van der Waals surface area contributed by atoms with Gasteiger partial charge in [0.15, 0.2) is 0 Å². The molecular formula is C8H19NO8S2. The lowest BCUT2D eigenvalue weighted by molar-refractivity contribution is -0.916. The number of quaternary nitrogens is 1. The molecular weight excluding hydrogens is 302 g/mol. The molecule has 0 aliphatic carbocycles. The summed E-state index contributed by atoms with van der Waals surface area (Å²) in [4.78, 5) is 0. The fraction of sp³-hybridized carbons (Fsp3) is 1.00.